The Morgan fingerprint density at radius 1 is 1.39 bits per heavy atom. The van der Waals surface area contributed by atoms with Gasteiger partial charge in [-0.1, -0.05) is 0 Å². The molecule has 0 bridgehead atoms. The van der Waals surface area contributed by atoms with Crippen LogP contribution in [0.2, 0.25) is 0 Å². The van der Waals surface area contributed by atoms with Crippen molar-refractivity contribution < 1.29 is 24.2 Å². The summed E-state index contributed by atoms with van der Waals surface area (Å²) in [5.74, 6) is -1.41. The molecule has 0 unspecified atom stereocenters. The number of esters is 1. The van der Waals surface area contributed by atoms with Crippen molar-refractivity contribution in [2.75, 3.05) is 12.3 Å². The SMILES string of the molecule is CC(C)OC(=O)COc1ccc(N)c(C(=O)O)c1. The minimum absolute atomic E-state index is 0.0651. The van der Waals surface area contributed by atoms with Crippen LogP contribution in [0.5, 0.6) is 5.75 Å². The molecule has 0 spiro atoms. The Morgan fingerprint density at radius 3 is 2.61 bits per heavy atom. The van der Waals surface area contributed by atoms with Crippen molar-refractivity contribution >= 4 is 17.6 Å². The van der Waals surface area contributed by atoms with Crippen molar-refractivity contribution in [1.29, 1.82) is 0 Å². The molecule has 98 valence electrons. The van der Waals surface area contributed by atoms with Crippen LogP contribution in [0.25, 0.3) is 0 Å². The van der Waals surface area contributed by atoms with Crippen LogP contribution >= 0.6 is 0 Å². The number of carboxylic acids is 1. The first kappa shape index (κ1) is 13.8. The second-order valence-corrected chi connectivity index (χ2v) is 3.88. The van der Waals surface area contributed by atoms with Gasteiger partial charge >= 0.3 is 11.9 Å². The first-order valence-electron chi connectivity index (χ1n) is 5.35. The summed E-state index contributed by atoms with van der Waals surface area (Å²) in [7, 11) is 0. The Bertz CT molecular complexity index is 456. The number of carbonyl (C=O) groups is 2. The van der Waals surface area contributed by atoms with E-state index < -0.39 is 11.9 Å². The third-order valence-corrected chi connectivity index (χ3v) is 1.98. The van der Waals surface area contributed by atoms with Crippen molar-refractivity contribution in [3.8, 4) is 5.75 Å². The van der Waals surface area contributed by atoms with Crippen molar-refractivity contribution in [3.05, 3.63) is 23.8 Å². The van der Waals surface area contributed by atoms with Crippen LogP contribution < -0.4 is 10.5 Å². The number of rotatable bonds is 5. The molecule has 3 N–H and O–H groups in total. The number of hydrogen-bond acceptors (Lipinski definition) is 5. The second-order valence-electron chi connectivity index (χ2n) is 3.88. The van der Waals surface area contributed by atoms with Crippen molar-refractivity contribution in [1.82, 2.24) is 0 Å². The molecular weight excluding hydrogens is 238 g/mol. The minimum Gasteiger partial charge on any atom is -0.482 e. The lowest BCUT2D eigenvalue weighted by Crippen LogP contribution is -2.18. The predicted octanol–water partition coefficient (Wildman–Crippen LogP) is 1.30. The van der Waals surface area contributed by atoms with Gasteiger partial charge in [-0.2, -0.15) is 0 Å². The maximum Gasteiger partial charge on any atom is 0.344 e. The first-order valence-corrected chi connectivity index (χ1v) is 5.35. The summed E-state index contributed by atoms with van der Waals surface area (Å²) in [6.45, 7) is 3.18. The number of benzene rings is 1. The van der Waals surface area contributed by atoms with Gasteiger partial charge in [0, 0.05) is 5.69 Å². The lowest BCUT2D eigenvalue weighted by molar-refractivity contribution is -0.149. The van der Waals surface area contributed by atoms with Gasteiger partial charge in [-0.05, 0) is 32.0 Å². The van der Waals surface area contributed by atoms with Gasteiger partial charge in [0.2, 0.25) is 0 Å². The van der Waals surface area contributed by atoms with E-state index in [-0.39, 0.29) is 29.7 Å². The van der Waals surface area contributed by atoms with E-state index in [0.29, 0.717) is 0 Å². The maximum atomic E-state index is 11.2. The highest BCUT2D eigenvalue weighted by Gasteiger charge is 2.11. The van der Waals surface area contributed by atoms with Crippen LogP contribution in [0.15, 0.2) is 18.2 Å². The molecule has 0 heterocycles. The lowest BCUT2D eigenvalue weighted by Gasteiger charge is -2.10. The number of aromatic carboxylic acids is 1. The summed E-state index contributed by atoms with van der Waals surface area (Å²) in [6, 6.07) is 4.16. The zero-order valence-electron chi connectivity index (χ0n) is 10.2. The molecule has 1 aromatic rings. The quantitative estimate of drug-likeness (QED) is 0.606. The predicted molar refractivity (Wildman–Crippen MR) is 64.5 cm³/mol. The molecule has 0 aliphatic heterocycles. The molecule has 1 aromatic carbocycles. The minimum atomic E-state index is -1.15. The molecule has 0 saturated heterocycles. The Morgan fingerprint density at radius 2 is 2.06 bits per heavy atom. The standard InChI is InChI=1S/C12H15NO5/c1-7(2)18-11(14)6-17-8-3-4-10(13)9(5-8)12(15)16/h3-5,7H,6,13H2,1-2H3,(H,15,16). The largest absolute Gasteiger partial charge is 0.482 e. The monoisotopic (exact) mass is 253 g/mol. The molecule has 1 rings (SSSR count). The highest BCUT2D eigenvalue weighted by molar-refractivity contribution is 5.94. The number of carbonyl (C=O) groups excluding carboxylic acids is 1. The molecule has 0 atom stereocenters. The van der Waals surface area contributed by atoms with Gasteiger partial charge in [0.05, 0.1) is 11.7 Å². The Balaban J connectivity index is 2.66. The van der Waals surface area contributed by atoms with E-state index in [4.69, 9.17) is 20.3 Å². The first-order chi connectivity index (χ1) is 8.40. The number of carboxylic acid groups (broad SMARTS) is 1. The lowest BCUT2D eigenvalue weighted by atomic mass is 10.2. The van der Waals surface area contributed by atoms with Crippen LogP contribution in [0, 0.1) is 0 Å². The number of hydrogen-bond donors (Lipinski definition) is 2. The number of nitrogens with two attached hydrogens (primary N) is 1. The van der Waals surface area contributed by atoms with Gasteiger partial charge in [-0.15, -0.1) is 0 Å². The van der Waals surface area contributed by atoms with E-state index in [9.17, 15) is 9.59 Å². The summed E-state index contributed by atoms with van der Waals surface area (Å²) in [5.41, 5.74) is 5.56. The summed E-state index contributed by atoms with van der Waals surface area (Å²) >= 11 is 0. The third-order valence-electron chi connectivity index (χ3n) is 1.98. The molecule has 0 radical (unpaired) electrons. The van der Waals surface area contributed by atoms with E-state index in [0.717, 1.165) is 0 Å². The highest BCUT2D eigenvalue weighted by Crippen LogP contribution is 2.19. The number of ether oxygens (including phenoxy) is 2. The van der Waals surface area contributed by atoms with Crippen LogP contribution in [0.1, 0.15) is 24.2 Å². The molecule has 0 fully saturated rings. The average molecular weight is 253 g/mol. The summed E-state index contributed by atoms with van der Waals surface area (Å²) in [5, 5.41) is 8.86. The molecule has 0 aromatic heterocycles. The van der Waals surface area contributed by atoms with Gasteiger partial charge in [-0.25, -0.2) is 9.59 Å². The summed E-state index contributed by atoms with van der Waals surface area (Å²) in [4.78, 5) is 22.1. The topological polar surface area (TPSA) is 98.9 Å². The van der Waals surface area contributed by atoms with E-state index in [1.54, 1.807) is 13.8 Å². The molecule has 0 amide bonds. The Kier molecular flexibility index (Phi) is 4.53. The van der Waals surface area contributed by atoms with Gasteiger partial charge in [0.1, 0.15) is 5.75 Å². The van der Waals surface area contributed by atoms with Crippen molar-refractivity contribution in [3.63, 3.8) is 0 Å². The van der Waals surface area contributed by atoms with Crippen molar-refractivity contribution in [2.24, 2.45) is 0 Å². The van der Waals surface area contributed by atoms with Crippen LogP contribution in [0.3, 0.4) is 0 Å². The normalized spacial score (nSPS) is 10.2. The Labute approximate surface area is 104 Å². The number of anilines is 1. The molecule has 0 aliphatic carbocycles. The Hall–Kier alpha value is -2.24. The molecule has 18 heavy (non-hydrogen) atoms. The summed E-state index contributed by atoms with van der Waals surface area (Å²) in [6.07, 6.45) is -0.220. The summed E-state index contributed by atoms with van der Waals surface area (Å²) < 4.78 is 9.99. The van der Waals surface area contributed by atoms with Gasteiger partial charge < -0.3 is 20.3 Å². The molecule has 0 aliphatic rings. The van der Waals surface area contributed by atoms with E-state index in [1.807, 2.05) is 0 Å². The molecule has 6 nitrogen and oxygen atoms in total. The zero-order valence-corrected chi connectivity index (χ0v) is 10.2. The van der Waals surface area contributed by atoms with E-state index >= 15 is 0 Å². The maximum absolute atomic E-state index is 11.2. The van der Waals surface area contributed by atoms with Gasteiger partial charge in [-0.3, -0.25) is 0 Å². The fourth-order valence-electron chi connectivity index (χ4n) is 1.25. The van der Waals surface area contributed by atoms with Crippen molar-refractivity contribution in [2.45, 2.75) is 20.0 Å². The van der Waals surface area contributed by atoms with Crippen LogP contribution in [-0.4, -0.2) is 29.8 Å². The van der Waals surface area contributed by atoms with E-state index in [1.165, 1.54) is 18.2 Å². The van der Waals surface area contributed by atoms with Crippen LogP contribution in [-0.2, 0) is 9.53 Å². The molecule has 6 heteroatoms. The fraction of sp³-hybridized carbons (Fsp3) is 0.333. The van der Waals surface area contributed by atoms with Gasteiger partial charge in [0.15, 0.2) is 6.61 Å². The smallest absolute Gasteiger partial charge is 0.344 e. The average Bonchev–Trinajstić information content (AvgIpc) is 2.26. The number of nitrogen functional groups attached to an aromatic ring is 1. The van der Waals surface area contributed by atoms with Gasteiger partial charge in [0.25, 0.3) is 0 Å². The van der Waals surface area contributed by atoms with Crippen LogP contribution in [0.4, 0.5) is 5.69 Å². The molecular formula is C12H15NO5. The fourth-order valence-corrected chi connectivity index (χ4v) is 1.25. The third kappa shape index (κ3) is 3.97. The zero-order chi connectivity index (χ0) is 13.7. The molecule has 0 saturated carbocycles. The second kappa shape index (κ2) is 5.90. The highest BCUT2D eigenvalue weighted by atomic mass is 16.6. The van der Waals surface area contributed by atoms with E-state index in [2.05, 4.69) is 0 Å².